The van der Waals surface area contributed by atoms with Crippen molar-refractivity contribution in [3.05, 3.63) is 29.6 Å². The zero-order chi connectivity index (χ0) is 13.0. The molecule has 2 rings (SSSR count). The monoisotopic (exact) mass is 253 g/mol. The summed E-state index contributed by atoms with van der Waals surface area (Å²) >= 11 is 0. The van der Waals surface area contributed by atoms with E-state index in [4.69, 9.17) is 15.2 Å². The van der Waals surface area contributed by atoms with Crippen LogP contribution in [0, 0.1) is 11.7 Å². The normalized spacial score (nSPS) is 16.6. The molecule has 18 heavy (non-hydrogen) atoms. The quantitative estimate of drug-likeness (QED) is 0.599. The molecule has 0 spiro atoms. The molecule has 2 N–H and O–H groups in total. The van der Waals surface area contributed by atoms with E-state index in [1.807, 2.05) is 6.92 Å². The van der Waals surface area contributed by atoms with Gasteiger partial charge < -0.3 is 15.2 Å². The minimum atomic E-state index is -0.267. The number of benzene rings is 1. The molecule has 1 fully saturated rings. The molecule has 1 atom stereocenters. The molecule has 1 aromatic rings. The number of hydrogen-bond acceptors (Lipinski definition) is 3. The van der Waals surface area contributed by atoms with E-state index in [0.717, 1.165) is 12.2 Å². The fraction of sp³-hybridized carbons (Fsp3) is 0.571. The first-order valence-electron chi connectivity index (χ1n) is 6.39. The Morgan fingerprint density at radius 3 is 2.89 bits per heavy atom. The van der Waals surface area contributed by atoms with Gasteiger partial charge in [-0.2, -0.15) is 0 Å². The summed E-state index contributed by atoms with van der Waals surface area (Å²) in [5.41, 5.74) is 6.53. The molecule has 1 aliphatic rings. The minimum Gasteiger partial charge on any atom is -0.467 e. The van der Waals surface area contributed by atoms with E-state index in [-0.39, 0.29) is 18.7 Å². The zero-order valence-electron chi connectivity index (χ0n) is 10.7. The minimum absolute atomic E-state index is 0.0264. The predicted molar refractivity (Wildman–Crippen MR) is 67.9 cm³/mol. The highest BCUT2D eigenvalue weighted by Gasteiger charge is 2.21. The Labute approximate surface area is 107 Å². The second-order valence-corrected chi connectivity index (χ2v) is 5.01. The van der Waals surface area contributed by atoms with Crippen LogP contribution in [0.5, 0.6) is 5.75 Å². The van der Waals surface area contributed by atoms with Gasteiger partial charge in [0.1, 0.15) is 11.6 Å². The molecule has 4 heteroatoms. The smallest absolute Gasteiger partial charge is 0.189 e. The maximum atomic E-state index is 13.2. The van der Waals surface area contributed by atoms with E-state index in [9.17, 15) is 4.39 Å². The van der Waals surface area contributed by atoms with Crippen molar-refractivity contribution < 1.29 is 13.9 Å². The van der Waals surface area contributed by atoms with Crippen LogP contribution in [-0.4, -0.2) is 19.4 Å². The summed E-state index contributed by atoms with van der Waals surface area (Å²) in [6.45, 7) is 2.86. The van der Waals surface area contributed by atoms with Crippen molar-refractivity contribution in [2.75, 3.05) is 13.4 Å². The van der Waals surface area contributed by atoms with Crippen molar-refractivity contribution in [3.63, 3.8) is 0 Å². The Bertz CT molecular complexity index is 391. The Hall–Kier alpha value is -1.13. The first kappa shape index (κ1) is 13.3. The zero-order valence-corrected chi connectivity index (χ0v) is 10.7. The third-order valence-corrected chi connectivity index (χ3v) is 2.91. The van der Waals surface area contributed by atoms with Crippen LogP contribution in [0.2, 0.25) is 0 Å². The van der Waals surface area contributed by atoms with Gasteiger partial charge in [-0.25, -0.2) is 4.39 Å². The molecule has 1 unspecified atom stereocenters. The molecule has 100 valence electrons. The fourth-order valence-corrected chi connectivity index (χ4v) is 1.80. The van der Waals surface area contributed by atoms with Crippen molar-refractivity contribution in [2.24, 2.45) is 11.7 Å². The number of rotatable bonds is 7. The summed E-state index contributed by atoms with van der Waals surface area (Å²) in [7, 11) is 0. The lowest BCUT2D eigenvalue weighted by atomic mass is 10.1. The molecule has 1 aliphatic carbocycles. The summed E-state index contributed by atoms with van der Waals surface area (Å²) in [5, 5.41) is 0. The maximum Gasteiger partial charge on any atom is 0.189 e. The Balaban J connectivity index is 1.87. The molecule has 0 amide bonds. The molecule has 1 saturated carbocycles. The van der Waals surface area contributed by atoms with E-state index in [1.54, 1.807) is 6.07 Å². The van der Waals surface area contributed by atoms with Crippen molar-refractivity contribution >= 4 is 0 Å². The van der Waals surface area contributed by atoms with Crippen LogP contribution in [0.1, 0.15) is 25.3 Å². The summed E-state index contributed by atoms with van der Waals surface area (Å²) in [5.74, 6) is 1.10. The van der Waals surface area contributed by atoms with E-state index < -0.39 is 0 Å². The van der Waals surface area contributed by atoms with Crippen molar-refractivity contribution in [1.82, 2.24) is 0 Å². The van der Waals surface area contributed by atoms with Crippen LogP contribution >= 0.6 is 0 Å². The number of halogens is 1. The Morgan fingerprint density at radius 2 is 2.22 bits per heavy atom. The number of hydrogen-bond donors (Lipinski definition) is 1. The highest BCUT2D eigenvalue weighted by atomic mass is 19.1. The maximum absolute atomic E-state index is 13.2. The SMILES string of the molecule is CC(N)Cc1cc(F)ccc1OCOCC1CC1. The van der Waals surface area contributed by atoms with E-state index in [2.05, 4.69) is 0 Å². The molecular formula is C14H20FNO2. The lowest BCUT2D eigenvalue weighted by Crippen LogP contribution is -2.18. The molecule has 1 aromatic carbocycles. The van der Waals surface area contributed by atoms with Crippen molar-refractivity contribution in [1.29, 1.82) is 0 Å². The molecule has 0 heterocycles. The van der Waals surface area contributed by atoms with E-state index >= 15 is 0 Å². The van der Waals surface area contributed by atoms with Crippen LogP contribution in [0.3, 0.4) is 0 Å². The molecule has 0 radical (unpaired) electrons. The number of ether oxygens (including phenoxy) is 2. The average molecular weight is 253 g/mol. The van der Waals surface area contributed by atoms with Crippen molar-refractivity contribution in [3.8, 4) is 5.75 Å². The van der Waals surface area contributed by atoms with Gasteiger partial charge in [0.25, 0.3) is 0 Å². The number of nitrogens with two attached hydrogens (primary N) is 1. The van der Waals surface area contributed by atoms with Gasteiger partial charge in [-0.15, -0.1) is 0 Å². The van der Waals surface area contributed by atoms with Gasteiger partial charge in [0, 0.05) is 6.04 Å². The topological polar surface area (TPSA) is 44.5 Å². The molecule has 0 bridgehead atoms. The average Bonchev–Trinajstić information content (AvgIpc) is 3.10. The standard InChI is InChI=1S/C14H20FNO2/c1-10(16)6-12-7-13(15)4-5-14(12)18-9-17-8-11-2-3-11/h4-5,7,10-11H,2-3,6,8-9,16H2,1H3. The second kappa shape index (κ2) is 6.16. The van der Waals surface area contributed by atoms with Crippen LogP contribution in [0.15, 0.2) is 18.2 Å². The third kappa shape index (κ3) is 4.27. The Morgan fingerprint density at radius 1 is 1.44 bits per heavy atom. The summed E-state index contributed by atoms with van der Waals surface area (Å²) in [6, 6.07) is 4.47. The van der Waals surface area contributed by atoms with Gasteiger partial charge in [0.2, 0.25) is 0 Å². The molecule has 0 aliphatic heterocycles. The predicted octanol–water partition coefficient (Wildman–Crippen LogP) is 2.48. The van der Waals surface area contributed by atoms with Crippen LogP contribution < -0.4 is 10.5 Å². The van der Waals surface area contributed by atoms with Gasteiger partial charge in [0.15, 0.2) is 6.79 Å². The van der Waals surface area contributed by atoms with Gasteiger partial charge in [-0.1, -0.05) is 0 Å². The molecule has 3 nitrogen and oxygen atoms in total. The lowest BCUT2D eigenvalue weighted by Gasteiger charge is -2.13. The van der Waals surface area contributed by atoms with Crippen molar-refractivity contribution in [2.45, 2.75) is 32.2 Å². The third-order valence-electron chi connectivity index (χ3n) is 2.91. The first-order chi connectivity index (χ1) is 8.65. The molecule has 0 aromatic heterocycles. The summed E-state index contributed by atoms with van der Waals surface area (Å²) in [4.78, 5) is 0. The van der Waals surface area contributed by atoms with E-state index in [0.29, 0.717) is 18.1 Å². The highest BCUT2D eigenvalue weighted by Crippen LogP contribution is 2.29. The van der Waals surface area contributed by atoms with Gasteiger partial charge >= 0.3 is 0 Å². The van der Waals surface area contributed by atoms with Crippen LogP contribution in [0.25, 0.3) is 0 Å². The van der Waals surface area contributed by atoms with Crippen LogP contribution in [-0.2, 0) is 11.2 Å². The first-order valence-corrected chi connectivity index (χ1v) is 6.39. The van der Waals surface area contributed by atoms with Crippen LogP contribution in [0.4, 0.5) is 4.39 Å². The molecular weight excluding hydrogens is 233 g/mol. The highest BCUT2D eigenvalue weighted by molar-refractivity contribution is 5.34. The van der Waals surface area contributed by atoms with Gasteiger partial charge in [0.05, 0.1) is 6.61 Å². The van der Waals surface area contributed by atoms with E-state index in [1.165, 1.54) is 25.0 Å². The Kier molecular flexibility index (Phi) is 4.55. The molecule has 0 saturated heterocycles. The second-order valence-electron chi connectivity index (χ2n) is 5.01. The van der Waals surface area contributed by atoms with Gasteiger partial charge in [-0.05, 0) is 55.9 Å². The largest absolute Gasteiger partial charge is 0.467 e. The fourth-order valence-electron chi connectivity index (χ4n) is 1.80. The summed E-state index contributed by atoms with van der Waals surface area (Å²) < 4.78 is 24.1. The summed E-state index contributed by atoms with van der Waals surface area (Å²) in [6.07, 6.45) is 3.11. The lowest BCUT2D eigenvalue weighted by molar-refractivity contribution is 0.00939. The van der Waals surface area contributed by atoms with Gasteiger partial charge in [-0.3, -0.25) is 0 Å².